The molecule has 0 aromatic rings. The Morgan fingerprint density at radius 1 is 1.00 bits per heavy atom. The number of amides is 1. The normalized spacial score (nSPS) is 20.3. The number of hydrogen-bond acceptors (Lipinski definition) is 12. The number of hydrogen-bond donors (Lipinski definition) is 3. The third kappa shape index (κ3) is 11.5. The zero-order chi connectivity index (χ0) is 21.3. The van der Waals surface area contributed by atoms with Gasteiger partial charge in [-0.2, -0.15) is 0 Å². The molecular weight excluding hydrogens is 504 g/mol. The van der Waals surface area contributed by atoms with E-state index in [1.165, 1.54) is 13.8 Å². The molecule has 1 aliphatic rings. The van der Waals surface area contributed by atoms with Crippen LogP contribution in [-0.4, -0.2) is 58.1 Å². The zero-order valence-corrected chi connectivity index (χ0v) is 28.1. The molecule has 1 unspecified atom stereocenters. The maximum atomic E-state index is 12.1. The van der Waals surface area contributed by atoms with Gasteiger partial charge in [0.15, 0.2) is 23.8 Å². The number of aliphatic hydroxyl groups is 2. The second kappa shape index (κ2) is 16.2. The number of carbonyl (C=O) groups excluding carboxylic acids is 2. The van der Waals surface area contributed by atoms with Crippen LogP contribution in [0.15, 0.2) is 0 Å². The van der Waals surface area contributed by atoms with Crippen molar-refractivity contribution in [2.24, 2.45) is 0 Å². The molecule has 0 aliphatic carbocycles. The topological polar surface area (TPSA) is 231 Å². The molecule has 1 heterocycles. The Hall–Kier alpha value is 3.28. The molecule has 0 bridgehead atoms. The van der Waals surface area contributed by atoms with Crippen molar-refractivity contribution in [2.75, 3.05) is 13.2 Å². The number of rotatable bonds is 9. The van der Waals surface area contributed by atoms with Gasteiger partial charge in [-0.1, -0.05) is 0 Å². The summed E-state index contributed by atoms with van der Waals surface area (Å²) in [6.45, 7) is 1.46. The van der Waals surface area contributed by atoms with Crippen molar-refractivity contribution in [3.8, 4) is 0 Å². The predicted molar refractivity (Wildman–Crippen MR) is 78.3 cm³/mol. The molecule has 1 rings (SSSR count). The fraction of sp³-hybridized carbons (Fsp3) is 0.833. The van der Waals surface area contributed by atoms with Gasteiger partial charge in [0, 0.05) is 6.54 Å². The minimum Gasteiger partial charge on any atom is -0.808 e. The zero-order valence-electron chi connectivity index (χ0n) is 18.4. The number of ketones is 1. The molecule has 1 saturated heterocycles. The Morgan fingerprint density at radius 3 is 1.81 bits per heavy atom. The summed E-state index contributed by atoms with van der Waals surface area (Å²) in [5, 5.41) is 16.5. The van der Waals surface area contributed by atoms with E-state index in [4.69, 9.17) is 14.6 Å². The van der Waals surface area contributed by atoms with Crippen LogP contribution in [0, 0.1) is 0 Å². The molecule has 13 nitrogen and oxygen atoms in total. The molecule has 1 amide bonds. The van der Waals surface area contributed by atoms with Crippen LogP contribution in [0.25, 0.3) is 0 Å². The average Bonchev–Trinajstić information content (AvgIpc) is 2.84. The van der Waals surface area contributed by atoms with E-state index in [0.29, 0.717) is 0 Å². The molecule has 19 heteroatoms. The van der Waals surface area contributed by atoms with Crippen molar-refractivity contribution in [1.29, 1.82) is 0 Å². The summed E-state index contributed by atoms with van der Waals surface area (Å²) < 4.78 is 32.3. The summed E-state index contributed by atoms with van der Waals surface area (Å²) in [6.07, 6.45) is -4.68. The standard InChI is InChI=1S/C12H23NO12P2.4Na/c1-11(2)24-8(7(15)6-14)9(25-11)10(16)13-5-3-4-12(17,26(18,19)20)27(21,22)23;;;;/h8-9,14,17H,3-6H2,1-2H3,(H,13,16)(H2,18,19,20)(H2,21,22,23);;;;/q;4*+1/p-4/t8?,9-;;;;/m0..../s1. The number of nitrogens with one attached hydrogen (secondary N) is 1. The number of aliphatic hydroxyl groups excluding tert-OH is 1. The van der Waals surface area contributed by atoms with E-state index < -0.39 is 76.0 Å². The van der Waals surface area contributed by atoms with E-state index >= 15 is 0 Å². The van der Waals surface area contributed by atoms with Crippen LogP contribution >= 0.6 is 15.2 Å². The number of ether oxygens (including phenoxy) is 2. The summed E-state index contributed by atoms with van der Waals surface area (Å²) in [5.41, 5.74) is 0. The third-order valence-corrected chi connectivity index (χ3v) is 7.36. The Labute approximate surface area is 267 Å². The van der Waals surface area contributed by atoms with E-state index in [9.17, 15) is 43.4 Å². The minimum atomic E-state index is -6.20. The summed E-state index contributed by atoms with van der Waals surface area (Å²) in [4.78, 5) is 67.4. The van der Waals surface area contributed by atoms with Crippen molar-refractivity contribution in [3.63, 3.8) is 0 Å². The molecule has 1 aliphatic heterocycles. The van der Waals surface area contributed by atoms with Crippen LogP contribution in [0.3, 0.4) is 0 Å². The molecule has 0 spiro atoms. The summed E-state index contributed by atoms with van der Waals surface area (Å²) in [7, 11) is -12.4. The number of carbonyl (C=O) groups is 2. The van der Waals surface area contributed by atoms with E-state index in [-0.39, 0.29) is 118 Å². The second-order valence-corrected chi connectivity index (χ2v) is 10.1. The first kappa shape index (κ1) is 41.4. The van der Waals surface area contributed by atoms with Gasteiger partial charge in [-0.05, 0) is 41.9 Å². The Morgan fingerprint density at radius 2 is 1.42 bits per heavy atom. The molecule has 0 radical (unpaired) electrons. The van der Waals surface area contributed by atoms with Gasteiger partial charge >= 0.3 is 118 Å². The van der Waals surface area contributed by atoms with Crippen molar-refractivity contribution >= 4 is 26.9 Å². The van der Waals surface area contributed by atoms with Crippen molar-refractivity contribution < 1.29 is 176 Å². The summed E-state index contributed by atoms with van der Waals surface area (Å²) in [5.74, 6) is -3.05. The molecule has 0 aromatic carbocycles. The first-order valence-corrected chi connectivity index (χ1v) is 10.7. The van der Waals surface area contributed by atoms with Crippen LogP contribution in [0.4, 0.5) is 0 Å². The first-order chi connectivity index (χ1) is 12.1. The molecule has 3 N–H and O–H groups in total. The molecular formula is C12H19NNa4O12P2. The van der Waals surface area contributed by atoms with Gasteiger partial charge in [-0.15, -0.1) is 0 Å². The van der Waals surface area contributed by atoms with E-state index in [1.807, 2.05) is 0 Å². The summed E-state index contributed by atoms with van der Waals surface area (Å²) in [6, 6.07) is 0. The largest absolute Gasteiger partial charge is 1.00 e. The molecule has 0 saturated carbocycles. The van der Waals surface area contributed by atoms with Crippen LogP contribution in [0.2, 0.25) is 0 Å². The van der Waals surface area contributed by atoms with E-state index in [0.717, 1.165) is 0 Å². The van der Waals surface area contributed by atoms with Gasteiger partial charge in [0.2, 0.25) is 0 Å². The van der Waals surface area contributed by atoms with E-state index in [2.05, 4.69) is 5.32 Å². The second-order valence-electron chi connectivity index (χ2n) is 6.27. The molecule has 0 aromatic heterocycles. The van der Waals surface area contributed by atoms with Gasteiger partial charge in [-0.3, -0.25) is 9.59 Å². The maximum Gasteiger partial charge on any atom is 1.00 e. The molecule has 1 fully saturated rings. The Kier molecular flexibility index (Phi) is 21.6. The maximum absolute atomic E-state index is 12.1. The van der Waals surface area contributed by atoms with Crippen LogP contribution in [0.1, 0.15) is 26.7 Å². The van der Waals surface area contributed by atoms with Gasteiger partial charge in [0.25, 0.3) is 5.91 Å². The van der Waals surface area contributed by atoms with Gasteiger partial charge < -0.3 is 53.7 Å². The monoisotopic (exact) mass is 523 g/mol. The van der Waals surface area contributed by atoms with Gasteiger partial charge in [0.05, 0.1) is 0 Å². The van der Waals surface area contributed by atoms with Crippen molar-refractivity contribution in [1.82, 2.24) is 5.32 Å². The smallest absolute Gasteiger partial charge is 0.808 e. The molecule has 2 atom stereocenters. The number of Topliss-reactive ketones (excluding diaryl/α,β-unsaturated/α-hetero) is 1. The average molecular weight is 523 g/mol. The van der Waals surface area contributed by atoms with Crippen LogP contribution in [-0.2, 0) is 28.2 Å². The first-order valence-electron chi connectivity index (χ1n) is 7.59. The van der Waals surface area contributed by atoms with Gasteiger partial charge in [0.1, 0.15) is 11.7 Å². The van der Waals surface area contributed by atoms with Crippen LogP contribution in [0.5, 0.6) is 0 Å². The fourth-order valence-electron chi connectivity index (χ4n) is 2.34. The fourth-order valence-corrected chi connectivity index (χ4v) is 4.40. The third-order valence-electron chi connectivity index (χ3n) is 3.69. The predicted octanol–water partition coefficient (Wildman–Crippen LogP) is -16.5. The minimum absolute atomic E-state index is 0. The molecule has 31 heavy (non-hydrogen) atoms. The quantitative estimate of drug-likeness (QED) is 0.145. The van der Waals surface area contributed by atoms with Crippen molar-refractivity contribution in [2.45, 2.75) is 49.8 Å². The van der Waals surface area contributed by atoms with Crippen LogP contribution < -0.4 is 143 Å². The Bertz CT molecular complexity index is 662. The SMILES string of the molecule is CC1(C)OC(C(=O)CO)[C@@H](C(=O)NCCCC(O)(P(=O)([O-])[O-])P(=O)([O-])[O-])O1.[Na+].[Na+].[Na+].[Na+]. The van der Waals surface area contributed by atoms with Gasteiger partial charge in [-0.25, -0.2) is 0 Å². The van der Waals surface area contributed by atoms with Crippen molar-refractivity contribution in [3.05, 3.63) is 0 Å². The summed E-state index contributed by atoms with van der Waals surface area (Å²) >= 11 is 0. The molecule has 158 valence electrons. The van der Waals surface area contributed by atoms with E-state index in [1.54, 1.807) is 0 Å². The Balaban J connectivity index is -0.000000911.